The number of hydrogen-bond acceptors (Lipinski definition) is 6. The van der Waals surface area contributed by atoms with Gasteiger partial charge in [0.2, 0.25) is 0 Å². The lowest BCUT2D eigenvalue weighted by Crippen LogP contribution is -2.30. The van der Waals surface area contributed by atoms with Gasteiger partial charge in [-0.1, -0.05) is 68.4 Å². The van der Waals surface area contributed by atoms with Gasteiger partial charge in [-0.05, 0) is 32.3 Å². The molecule has 6 nitrogen and oxygen atoms in total. The van der Waals surface area contributed by atoms with Gasteiger partial charge in [0, 0.05) is 25.1 Å². The molecule has 0 saturated carbocycles. The Bertz CT molecular complexity index is 928. The van der Waals surface area contributed by atoms with Crippen LogP contribution in [0, 0.1) is 0 Å². The molecule has 2 heterocycles. The van der Waals surface area contributed by atoms with Crippen LogP contribution in [0.25, 0.3) is 5.57 Å². The van der Waals surface area contributed by atoms with Gasteiger partial charge >= 0.3 is 5.97 Å². The van der Waals surface area contributed by atoms with Gasteiger partial charge in [0.05, 0.1) is 22.8 Å². The lowest BCUT2D eigenvalue weighted by Gasteiger charge is -2.16. The van der Waals surface area contributed by atoms with Gasteiger partial charge in [0.1, 0.15) is 4.32 Å². The Hall–Kier alpha value is -2.19. The molecule has 0 aliphatic carbocycles. The van der Waals surface area contributed by atoms with Crippen LogP contribution >= 0.6 is 24.0 Å². The van der Waals surface area contributed by atoms with Crippen LogP contribution in [-0.2, 0) is 19.1 Å². The minimum atomic E-state index is -0.195. The predicted molar refractivity (Wildman–Crippen MR) is 132 cm³/mol. The highest BCUT2D eigenvalue weighted by Crippen LogP contribution is 2.44. The molecule has 0 atom stereocenters. The van der Waals surface area contributed by atoms with Crippen molar-refractivity contribution in [2.45, 2.75) is 58.8 Å². The lowest BCUT2D eigenvalue weighted by molar-refractivity contribution is -0.143. The number of benzene rings is 1. The molecule has 32 heavy (non-hydrogen) atoms. The standard InChI is InChI=1S/C24H30N2O4S2/c1-3-5-10-15-25-18-13-9-8-12-17(18)20(22(25)28)21-23(29)26(24(31)32-21)16-11-6-7-14-19(27)30-4-2/h8-9,12-13H,3-7,10-11,14-16H2,1-2H3/b21-20-. The summed E-state index contributed by atoms with van der Waals surface area (Å²) in [6.07, 6.45) is 5.70. The molecule has 0 unspecified atom stereocenters. The number of thiocarbonyl (C=S) groups is 1. The molecule has 0 spiro atoms. The van der Waals surface area contributed by atoms with E-state index in [-0.39, 0.29) is 17.8 Å². The van der Waals surface area contributed by atoms with Crippen LogP contribution in [0.4, 0.5) is 5.69 Å². The van der Waals surface area contributed by atoms with Gasteiger partial charge in [0.15, 0.2) is 0 Å². The summed E-state index contributed by atoms with van der Waals surface area (Å²) < 4.78 is 5.42. The van der Waals surface area contributed by atoms with Crippen LogP contribution in [0.3, 0.4) is 0 Å². The number of amides is 2. The zero-order chi connectivity index (χ0) is 23.1. The van der Waals surface area contributed by atoms with Gasteiger partial charge < -0.3 is 9.64 Å². The number of carbonyl (C=O) groups excluding carboxylic acids is 3. The first-order valence-corrected chi connectivity index (χ1v) is 12.6. The smallest absolute Gasteiger partial charge is 0.305 e. The van der Waals surface area contributed by atoms with Crippen LogP contribution in [0.5, 0.6) is 0 Å². The van der Waals surface area contributed by atoms with E-state index in [1.54, 1.807) is 16.7 Å². The molecule has 8 heteroatoms. The van der Waals surface area contributed by atoms with Gasteiger partial charge in [0.25, 0.3) is 11.8 Å². The molecule has 172 valence electrons. The summed E-state index contributed by atoms with van der Waals surface area (Å²) in [5.41, 5.74) is 2.15. The topological polar surface area (TPSA) is 66.9 Å². The fourth-order valence-electron chi connectivity index (χ4n) is 3.93. The fraction of sp³-hybridized carbons (Fsp3) is 0.500. The highest BCUT2D eigenvalue weighted by Gasteiger charge is 2.41. The van der Waals surface area contributed by atoms with Crippen molar-refractivity contribution < 1.29 is 19.1 Å². The molecule has 1 fully saturated rings. The molecule has 1 saturated heterocycles. The summed E-state index contributed by atoms with van der Waals surface area (Å²) in [6, 6.07) is 7.66. The maximum Gasteiger partial charge on any atom is 0.305 e. The zero-order valence-electron chi connectivity index (χ0n) is 18.7. The van der Waals surface area contributed by atoms with E-state index in [0.29, 0.717) is 47.3 Å². The van der Waals surface area contributed by atoms with Crippen molar-refractivity contribution in [1.82, 2.24) is 4.90 Å². The van der Waals surface area contributed by atoms with Crippen molar-refractivity contribution in [3.8, 4) is 0 Å². The number of unbranched alkanes of at least 4 members (excludes halogenated alkanes) is 4. The number of thioether (sulfide) groups is 1. The van der Waals surface area contributed by atoms with E-state index >= 15 is 0 Å². The molecule has 0 N–H and O–H groups in total. The largest absolute Gasteiger partial charge is 0.466 e. The van der Waals surface area contributed by atoms with Crippen molar-refractivity contribution in [1.29, 1.82) is 0 Å². The van der Waals surface area contributed by atoms with Crippen LogP contribution in [0.2, 0.25) is 0 Å². The van der Waals surface area contributed by atoms with Gasteiger partial charge in [-0.3, -0.25) is 19.3 Å². The van der Waals surface area contributed by atoms with Gasteiger partial charge in [-0.2, -0.15) is 0 Å². The number of nitrogens with zero attached hydrogens (tertiary/aromatic N) is 2. The number of rotatable bonds is 11. The number of ether oxygens (including phenoxy) is 1. The number of hydrogen-bond donors (Lipinski definition) is 0. The molecule has 2 aliphatic heterocycles. The van der Waals surface area contributed by atoms with Crippen molar-refractivity contribution in [3.63, 3.8) is 0 Å². The molecular formula is C24H30N2O4S2. The van der Waals surface area contributed by atoms with E-state index in [9.17, 15) is 14.4 Å². The summed E-state index contributed by atoms with van der Waals surface area (Å²) in [5, 5.41) is 0. The lowest BCUT2D eigenvalue weighted by atomic mass is 10.1. The average Bonchev–Trinajstić information content (AvgIpc) is 3.21. The second-order valence-corrected chi connectivity index (χ2v) is 9.47. The molecule has 0 bridgehead atoms. The zero-order valence-corrected chi connectivity index (χ0v) is 20.4. The number of anilines is 1. The quantitative estimate of drug-likeness (QED) is 0.196. The summed E-state index contributed by atoms with van der Waals surface area (Å²) >= 11 is 6.69. The number of esters is 1. The molecule has 1 aromatic carbocycles. The van der Waals surface area contributed by atoms with Crippen LogP contribution in [0.1, 0.15) is 64.4 Å². The molecule has 0 radical (unpaired) electrons. The maximum atomic E-state index is 13.3. The Morgan fingerprint density at radius 3 is 2.44 bits per heavy atom. The summed E-state index contributed by atoms with van der Waals surface area (Å²) in [6.45, 7) is 5.45. The summed E-state index contributed by atoms with van der Waals surface area (Å²) in [7, 11) is 0. The Balaban J connectivity index is 1.70. The molecule has 2 aliphatic rings. The second-order valence-electron chi connectivity index (χ2n) is 7.83. The van der Waals surface area contributed by atoms with E-state index in [1.807, 2.05) is 24.3 Å². The van der Waals surface area contributed by atoms with Crippen molar-refractivity contribution in [2.75, 3.05) is 24.6 Å². The normalized spacial score (nSPS) is 18.0. The van der Waals surface area contributed by atoms with Crippen molar-refractivity contribution in [3.05, 3.63) is 34.7 Å². The fourth-order valence-corrected chi connectivity index (χ4v) is 5.31. The predicted octanol–water partition coefficient (Wildman–Crippen LogP) is 4.92. The third kappa shape index (κ3) is 5.41. The monoisotopic (exact) mass is 474 g/mol. The number of para-hydroxylation sites is 1. The molecular weight excluding hydrogens is 444 g/mol. The minimum Gasteiger partial charge on any atom is -0.466 e. The first-order chi connectivity index (χ1) is 15.5. The second kappa shape index (κ2) is 11.6. The van der Waals surface area contributed by atoms with Crippen LogP contribution < -0.4 is 4.90 Å². The first kappa shape index (κ1) is 24.5. The van der Waals surface area contributed by atoms with E-state index in [0.717, 1.165) is 43.4 Å². The van der Waals surface area contributed by atoms with Crippen LogP contribution in [0.15, 0.2) is 29.2 Å². The van der Waals surface area contributed by atoms with E-state index in [2.05, 4.69) is 6.92 Å². The van der Waals surface area contributed by atoms with Gasteiger partial charge in [-0.25, -0.2) is 0 Å². The highest BCUT2D eigenvalue weighted by atomic mass is 32.2. The SMILES string of the molecule is CCCCCN1C(=O)/C(=C2\SC(=S)N(CCCCCC(=O)OCC)C2=O)c2ccccc21. The Morgan fingerprint density at radius 2 is 1.69 bits per heavy atom. The Morgan fingerprint density at radius 1 is 0.969 bits per heavy atom. The summed E-state index contributed by atoms with van der Waals surface area (Å²) in [5.74, 6) is -0.499. The molecule has 3 rings (SSSR count). The van der Waals surface area contributed by atoms with E-state index < -0.39 is 0 Å². The Kier molecular flexibility index (Phi) is 8.87. The van der Waals surface area contributed by atoms with Crippen molar-refractivity contribution >= 4 is 57.3 Å². The third-order valence-corrected chi connectivity index (χ3v) is 7.00. The Labute approximate surface area is 199 Å². The first-order valence-electron chi connectivity index (χ1n) is 11.3. The van der Waals surface area contributed by atoms with Crippen molar-refractivity contribution in [2.24, 2.45) is 0 Å². The van der Waals surface area contributed by atoms with E-state index in [1.165, 1.54) is 11.8 Å². The summed E-state index contributed by atoms with van der Waals surface area (Å²) in [4.78, 5) is 41.8. The third-order valence-electron chi connectivity index (χ3n) is 5.55. The number of fused-ring (bicyclic) bond motifs is 1. The molecule has 0 aromatic heterocycles. The average molecular weight is 475 g/mol. The minimum absolute atomic E-state index is 0.114. The highest BCUT2D eigenvalue weighted by molar-refractivity contribution is 8.26. The number of carbonyl (C=O) groups is 3. The van der Waals surface area contributed by atoms with Gasteiger partial charge in [-0.15, -0.1) is 0 Å². The van der Waals surface area contributed by atoms with Crippen LogP contribution in [-0.4, -0.2) is 46.7 Å². The van der Waals surface area contributed by atoms with E-state index in [4.69, 9.17) is 17.0 Å². The molecule has 1 aromatic rings. The molecule has 2 amide bonds. The maximum absolute atomic E-state index is 13.3.